The standard InChI is InChI=1S/C25H36N8O7S/c1-33-12-19(34)29-17(11-20(35)36)22(38)31-16(10-14-6-3-2-4-7-14)21(37)32-18(13-41)23(39)30-15(24(33)40)8-5-9-28-25(26)27/h2-4,6-7,15-18,41H,5,8-13H2,1H3,(H,29,34)(H,30,39)(H,31,38)(H,32,37)(H,35,36)(H4,26,27,28)/t15-,16+,17-,18-/m0/s1. The van der Waals surface area contributed by atoms with E-state index >= 15 is 0 Å². The SMILES string of the molecule is CN1CC(=O)N[C@@H](CC(=O)O)C(=O)N[C@H](Cc2ccccc2)C(=O)N[C@@H](CS)C(=O)N[C@@H](CCCNC(=N)N)C1=O. The predicted octanol–water partition coefficient (Wildman–Crippen LogP) is -2.69. The lowest BCUT2D eigenvalue weighted by atomic mass is 10.0. The summed E-state index contributed by atoms with van der Waals surface area (Å²) < 4.78 is 0. The van der Waals surface area contributed by atoms with Crippen LogP contribution in [0.15, 0.2) is 30.3 Å². The van der Waals surface area contributed by atoms with Crippen LogP contribution in [0.5, 0.6) is 0 Å². The van der Waals surface area contributed by atoms with Crippen molar-refractivity contribution in [2.75, 3.05) is 25.9 Å². The smallest absolute Gasteiger partial charge is 0.305 e. The van der Waals surface area contributed by atoms with Crippen LogP contribution < -0.4 is 32.3 Å². The minimum Gasteiger partial charge on any atom is -0.481 e. The first-order chi connectivity index (χ1) is 19.4. The molecule has 5 amide bonds. The number of carboxylic acid groups (broad SMARTS) is 1. The maximum absolute atomic E-state index is 13.3. The summed E-state index contributed by atoms with van der Waals surface area (Å²) in [7, 11) is 1.31. The molecule has 1 fully saturated rings. The second-order valence-electron chi connectivity index (χ2n) is 9.45. The van der Waals surface area contributed by atoms with Crippen LogP contribution in [0.2, 0.25) is 0 Å². The van der Waals surface area contributed by atoms with Gasteiger partial charge in [0.2, 0.25) is 29.5 Å². The van der Waals surface area contributed by atoms with Gasteiger partial charge in [0.25, 0.3) is 0 Å². The number of rotatable bonds is 9. The molecular formula is C25H36N8O7S. The highest BCUT2D eigenvalue weighted by atomic mass is 32.1. The summed E-state index contributed by atoms with van der Waals surface area (Å²) >= 11 is 4.17. The number of thiol groups is 1. The minimum atomic E-state index is -1.55. The van der Waals surface area contributed by atoms with Gasteiger partial charge in [-0.3, -0.25) is 34.2 Å². The Morgan fingerprint density at radius 3 is 2.20 bits per heavy atom. The van der Waals surface area contributed by atoms with Crippen molar-refractivity contribution >= 4 is 54.1 Å². The van der Waals surface area contributed by atoms with Crippen LogP contribution >= 0.6 is 12.6 Å². The maximum atomic E-state index is 13.3. The second-order valence-corrected chi connectivity index (χ2v) is 9.82. The highest BCUT2D eigenvalue weighted by Crippen LogP contribution is 2.08. The lowest BCUT2D eigenvalue weighted by Crippen LogP contribution is -2.58. The fourth-order valence-corrected chi connectivity index (χ4v) is 4.30. The summed E-state index contributed by atoms with van der Waals surface area (Å²) in [5.41, 5.74) is 5.95. The molecule has 224 valence electrons. The van der Waals surface area contributed by atoms with Crippen molar-refractivity contribution in [3.05, 3.63) is 35.9 Å². The number of carbonyl (C=O) groups is 6. The topological polar surface area (TPSA) is 236 Å². The average Bonchev–Trinajstić information content (AvgIpc) is 2.91. The van der Waals surface area contributed by atoms with Gasteiger partial charge in [-0.15, -0.1) is 0 Å². The second kappa shape index (κ2) is 16.1. The molecule has 1 heterocycles. The fraction of sp³-hybridized carbons (Fsp3) is 0.480. The molecule has 0 spiro atoms. The summed E-state index contributed by atoms with van der Waals surface area (Å²) in [5, 5.41) is 29.1. The largest absolute Gasteiger partial charge is 0.481 e. The minimum absolute atomic E-state index is 0.0000587. The van der Waals surface area contributed by atoms with Crippen LogP contribution in [0.4, 0.5) is 0 Å². The molecule has 0 aromatic heterocycles. The molecule has 1 aromatic carbocycles. The normalized spacial score (nSPS) is 22.8. The van der Waals surface area contributed by atoms with Gasteiger partial charge < -0.3 is 42.3 Å². The number of aliphatic carboxylic acids is 1. The number of nitrogens with zero attached hydrogens (tertiary/aromatic N) is 1. The lowest BCUT2D eigenvalue weighted by Gasteiger charge is -2.26. The van der Waals surface area contributed by atoms with Gasteiger partial charge in [0, 0.05) is 25.8 Å². The summed E-state index contributed by atoms with van der Waals surface area (Å²) in [4.78, 5) is 78.0. The van der Waals surface area contributed by atoms with Crippen LogP contribution in [0.25, 0.3) is 0 Å². The molecule has 16 heteroatoms. The Kier molecular flexibility index (Phi) is 12.9. The molecule has 1 aromatic rings. The van der Waals surface area contributed by atoms with Gasteiger partial charge in [-0.2, -0.15) is 12.6 Å². The molecule has 4 atom stereocenters. The number of amides is 5. The van der Waals surface area contributed by atoms with Crippen LogP contribution in [0, 0.1) is 5.41 Å². The molecule has 0 saturated carbocycles. The number of benzene rings is 1. The Morgan fingerprint density at radius 1 is 1.00 bits per heavy atom. The summed E-state index contributed by atoms with van der Waals surface area (Å²) in [5.74, 6) is -5.64. The van der Waals surface area contributed by atoms with E-state index in [1.807, 2.05) is 0 Å². The van der Waals surface area contributed by atoms with E-state index < -0.39 is 72.6 Å². The van der Waals surface area contributed by atoms with Crippen LogP contribution in [-0.4, -0.2) is 102 Å². The Labute approximate surface area is 242 Å². The number of carboxylic acids is 1. The van der Waals surface area contributed by atoms with Gasteiger partial charge in [0.15, 0.2) is 5.96 Å². The van der Waals surface area contributed by atoms with E-state index in [2.05, 4.69) is 39.2 Å². The zero-order valence-corrected chi connectivity index (χ0v) is 23.4. The van der Waals surface area contributed by atoms with Crippen LogP contribution in [0.1, 0.15) is 24.8 Å². The third-order valence-electron chi connectivity index (χ3n) is 6.12. The number of carbonyl (C=O) groups excluding carboxylic acids is 5. The monoisotopic (exact) mass is 592 g/mol. The summed E-state index contributed by atoms with van der Waals surface area (Å²) in [6.07, 6.45) is -0.366. The number of guanidine groups is 1. The van der Waals surface area contributed by atoms with E-state index in [0.29, 0.717) is 12.0 Å². The van der Waals surface area contributed by atoms with Crippen molar-refractivity contribution in [2.24, 2.45) is 5.73 Å². The third kappa shape index (κ3) is 11.0. The number of nitrogens with one attached hydrogen (secondary N) is 6. The van der Waals surface area contributed by atoms with Gasteiger partial charge in [-0.05, 0) is 18.4 Å². The Balaban J connectivity index is 2.42. The average molecular weight is 593 g/mol. The first kappa shape index (κ1) is 32.9. The van der Waals surface area contributed by atoms with E-state index in [9.17, 15) is 33.9 Å². The molecule has 1 saturated heterocycles. The van der Waals surface area contributed by atoms with E-state index in [4.69, 9.17) is 11.1 Å². The Morgan fingerprint density at radius 2 is 1.59 bits per heavy atom. The first-order valence-corrected chi connectivity index (χ1v) is 13.4. The van der Waals surface area contributed by atoms with Crippen molar-refractivity contribution in [2.45, 2.75) is 49.9 Å². The summed E-state index contributed by atoms with van der Waals surface area (Å²) in [6, 6.07) is 3.58. The van der Waals surface area contributed by atoms with Gasteiger partial charge in [0.05, 0.1) is 13.0 Å². The highest BCUT2D eigenvalue weighted by Gasteiger charge is 2.33. The lowest BCUT2D eigenvalue weighted by molar-refractivity contribution is -0.142. The Hall–Kier alpha value is -4.34. The van der Waals surface area contributed by atoms with Crippen molar-refractivity contribution in [1.82, 2.24) is 31.5 Å². The first-order valence-electron chi connectivity index (χ1n) is 12.8. The van der Waals surface area contributed by atoms with Gasteiger partial charge in [-0.1, -0.05) is 30.3 Å². The molecule has 1 aliphatic rings. The number of likely N-dealkylation sites (N-methyl/N-ethyl adjacent to an activating group) is 1. The highest BCUT2D eigenvalue weighted by molar-refractivity contribution is 7.80. The zero-order chi connectivity index (χ0) is 30.5. The van der Waals surface area contributed by atoms with Gasteiger partial charge in [-0.25, -0.2) is 0 Å². The van der Waals surface area contributed by atoms with Crippen molar-refractivity contribution in [1.29, 1.82) is 5.41 Å². The molecule has 0 bridgehead atoms. The quantitative estimate of drug-likeness (QED) is 0.0627. The number of nitrogens with two attached hydrogens (primary N) is 1. The molecule has 1 aliphatic heterocycles. The molecular weight excluding hydrogens is 556 g/mol. The molecule has 0 aliphatic carbocycles. The number of hydrogen-bond acceptors (Lipinski definition) is 8. The van der Waals surface area contributed by atoms with E-state index in [-0.39, 0.29) is 31.1 Å². The zero-order valence-electron chi connectivity index (χ0n) is 22.5. The Bertz CT molecular complexity index is 1140. The van der Waals surface area contributed by atoms with E-state index in [0.717, 1.165) is 4.90 Å². The molecule has 9 N–H and O–H groups in total. The molecule has 0 radical (unpaired) electrons. The molecule has 0 unspecified atom stereocenters. The molecule has 15 nitrogen and oxygen atoms in total. The van der Waals surface area contributed by atoms with Crippen molar-refractivity contribution < 1.29 is 33.9 Å². The van der Waals surface area contributed by atoms with Crippen molar-refractivity contribution in [3.8, 4) is 0 Å². The van der Waals surface area contributed by atoms with Gasteiger partial charge in [0.1, 0.15) is 24.2 Å². The van der Waals surface area contributed by atoms with Crippen LogP contribution in [-0.2, 0) is 35.2 Å². The van der Waals surface area contributed by atoms with E-state index in [1.54, 1.807) is 30.3 Å². The molecule has 2 rings (SSSR count). The third-order valence-corrected chi connectivity index (χ3v) is 6.48. The van der Waals surface area contributed by atoms with Crippen LogP contribution in [0.3, 0.4) is 0 Å². The van der Waals surface area contributed by atoms with Gasteiger partial charge >= 0.3 is 5.97 Å². The van der Waals surface area contributed by atoms with E-state index in [1.165, 1.54) is 7.05 Å². The molecule has 41 heavy (non-hydrogen) atoms. The van der Waals surface area contributed by atoms with Crippen molar-refractivity contribution in [3.63, 3.8) is 0 Å². The maximum Gasteiger partial charge on any atom is 0.305 e. The summed E-state index contributed by atoms with van der Waals surface area (Å²) in [6.45, 7) is -0.307. The fourth-order valence-electron chi connectivity index (χ4n) is 4.04. The number of hydrogen-bond donors (Lipinski definition) is 9. The predicted molar refractivity (Wildman–Crippen MR) is 151 cm³/mol.